The Balaban J connectivity index is 3.02. The van der Waals surface area contributed by atoms with Crippen LogP contribution in [0.15, 0.2) is 35.6 Å². The van der Waals surface area contributed by atoms with Gasteiger partial charge in [-0.3, -0.25) is 9.59 Å². The van der Waals surface area contributed by atoms with Crippen molar-refractivity contribution in [3.63, 3.8) is 0 Å². The zero-order valence-corrected chi connectivity index (χ0v) is 12.2. The Labute approximate surface area is 123 Å². The third-order valence-corrected chi connectivity index (χ3v) is 3.18. The number of amides is 2. The second-order valence-electron chi connectivity index (χ2n) is 4.62. The third-order valence-electron chi connectivity index (χ3n) is 3.18. The summed E-state index contributed by atoms with van der Waals surface area (Å²) in [6.07, 6.45) is 8.19. The minimum Gasteiger partial charge on any atom is -0.478 e. The van der Waals surface area contributed by atoms with Crippen LogP contribution >= 0.6 is 0 Å². The summed E-state index contributed by atoms with van der Waals surface area (Å²) in [5.74, 6) is -1.49. The number of aliphatic carboxylic acids is 1. The molecule has 0 aliphatic carbocycles. The average Bonchev–Trinajstić information content (AvgIpc) is 2.92. The van der Waals surface area contributed by atoms with Crippen molar-refractivity contribution in [1.29, 1.82) is 0 Å². The Bertz CT molecular complexity index is 506. The number of carboxylic acid groups (broad SMARTS) is 1. The molecule has 0 saturated carbocycles. The van der Waals surface area contributed by atoms with Crippen LogP contribution in [0.5, 0.6) is 0 Å². The van der Waals surface area contributed by atoms with Crippen molar-refractivity contribution in [3.05, 3.63) is 35.6 Å². The molecule has 1 aliphatic rings. The lowest BCUT2D eigenvalue weighted by Gasteiger charge is -2.20. The van der Waals surface area contributed by atoms with Crippen LogP contribution in [-0.2, 0) is 14.4 Å². The third kappa shape index (κ3) is 4.30. The molecule has 114 valence electrons. The molecule has 1 rings (SSSR count). The first kappa shape index (κ1) is 16.7. The van der Waals surface area contributed by atoms with Gasteiger partial charge in [-0.15, -0.1) is 0 Å². The molecule has 2 amide bonds. The second-order valence-corrected chi connectivity index (χ2v) is 4.62. The Morgan fingerprint density at radius 2 is 1.90 bits per heavy atom. The van der Waals surface area contributed by atoms with Gasteiger partial charge in [0.25, 0.3) is 0 Å². The highest BCUT2D eigenvalue weighted by molar-refractivity contribution is 5.94. The number of carbonyl (C=O) groups excluding carboxylic acids is 2. The van der Waals surface area contributed by atoms with E-state index >= 15 is 0 Å². The zero-order valence-electron chi connectivity index (χ0n) is 12.2. The number of rotatable bonds is 6. The maximum atomic E-state index is 12.2. The number of nitrogens with zero attached hydrogens (tertiary/aromatic N) is 1. The van der Waals surface area contributed by atoms with E-state index in [1.54, 1.807) is 26.0 Å². The minimum atomic E-state index is -1.12. The molecular weight excluding hydrogens is 272 g/mol. The summed E-state index contributed by atoms with van der Waals surface area (Å²) in [5.41, 5.74) is 0.213. The van der Waals surface area contributed by atoms with Crippen molar-refractivity contribution in [2.45, 2.75) is 32.7 Å². The summed E-state index contributed by atoms with van der Waals surface area (Å²) in [6.45, 7) is 3.97. The Morgan fingerprint density at radius 3 is 2.43 bits per heavy atom. The lowest BCUT2D eigenvalue weighted by molar-refractivity contribution is -0.132. The van der Waals surface area contributed by atoms with Gasteiger partial charge in [0, 0.05) is 6.54 Å². The molecule has 0 spiro atoms. The smallest absolute Gasteiger partial charge is 0.337 e. The first-order valence-electron chi connectivity index (χ1n) is 6.80. The molecule has 6 nitrogen and oxygen atoms in total. The highest BCUT2D eigenvalue weighted by atomic mass is 16.4. The molecule has 0 aromatic rings. The molecule has 2 N–H and O–H groups in total. The zero-order chi connectivity index (χ0) is 15.8. The average molecular weight is 292 g/mol. The summed E-state index contributed by atoms with van der Waals surface area (Å²) in [4.78, 5) is 35.8. The van der Waals surface area contributed by atoms with Crippen molar-refractivity contribution in [1.82, 2.24) is 10.2 Å². The Morgan fingerprint density at radius 1 is 1.24 bits per heavy atom. The van der Waals surface area contributed by atoms with Gasteiger partial charge in [-0.05, 0) is 38.8 Å². The summed E-state index contributed by atoms with van der Waals surface area (Å²) in [7, 11) is 0. The van der Waals surface area contributed by atoms with Crippen LogP contribution in [0.2, 0.25) is 0 Å². The van der Waals surface area contributed by atoms with E-state index < -0.39 is 12.0 Å². The number of likely N-dealkylation sites (tertiary alicyclic amines) is 1. The fourth-order valence-corrected chi connectivity index (χ4v) is 2.22. The second kappa shape index (κ2) is 8.04. The standard InChI is InChI=1S/C15H20N2O4/c1-3-6-11(15(20)21)12(7-4-2)16-14(19)13-8-5-9-17(13)10-18/h3-4,6-7,10,13H,5,8-9H2,1-2H3,(H,16,19)(H,20,21)/b6-3-,7-4-,12-11-. The van der Waals surface area contributed by atoms with Gasteiger partial charge in [-0.1, -0.05) is 12.2 Å². The number of carbonyl (C=O) groups is 3. The fraction of sp³-hybridized carbons (Fsp3) is 0.400. The maximum absolute atomic E-state index is 12.2. The molecule has 1 aliphatic heterocycles. The van der Waals surface area contributed by atoms with Crippen LogP contribution in [-0.4, -0.2) is 40.9 Å². The molecule has 1 heterocycles. The van der Waals surface area contributed by atoms with Crippen molar-refractivity contribution in [2.75, 3.05) is 6.54 Å². The van der Waals surface area contributed by atoms with Crippen molar-refractivity contribution in [2.24, 2.45) is 0 Å². The molecule has 6 heteroatoms. The van der Waals surface area contributed by atoms with Gasteiger partial charge in [0.15, 0.2) is 0 Å². The lowest BCUT2D eigenvalue weighted by atomic mass is 10.1. The molecule has 1 unspecified atom stereocenters. The van der Waals surface area contributed by atoms with E-state index in [2.05, 4.69) is 5.32 Å². The van der Waals surface area contributed by atoms with Gasteiger partial charge in [0.1, 0.15) is 6.04 Å². The fourth-order valence-electron chi connectivity index (χ4n) is 2.22. The highest BCUT2D eigenvalue weighted by Gasteiger charge is 2.30. The van der Waals surface area contributed by atoms with E-state index in [0.717, 1.165) is 6.42 Å². The van der Waals surface area contributed by atoms with Crippen molar-refractivity contribution >= 4 is 18.3 Å². The molecule has 0 aromatic heterocycles. The molecule has 0 aromatic carbocycles. The predicted octanol–water partition coefficient (Wildman–Crippen LogP) is 1.21. The molecule has 1 atom stereocenters. The van der Waals surface area contributed by atoms with E-state index in [1.165, 1.54) is 17.1 Å². The topological polar surface area (TPSA) is 86.7 Å². The molecule has 0 bridgehead atoms. The molecule has 0 radical (unpaired) electrons. The summed E-state index contributed by atoms with van der Waals surface area (Å²) in [6, 6.07) is -0.539. The van der Waals surface area contributed by atoms with Crippen LogP contribution in [0.1, 0.15) is 26.7 Å². The quantitative estimate of drug-likeness (QED) is 0.438. The van der Waals surface area contributed by atoms with E-state index in [0.29, 0.717) is 19.4 Å². The van der Waals surface area contributed by atoms with Gasteiger partial charge < -0.3 is 15.3 Å². The minimum absolute atomic E-state index is 0.000370. The maximum Gasteiger partial charge on any atom is 0.337 e. The van der Waals surface area contributed by atoms with Gasteiger partial charge in [0.05, 0.1) is 11.3 Å². The Hall–Kier alpha value is -2.37. The van der Waals surface area contributed by atoms with Crippen LogP contribution in [0.4, 0.5) is 0 Å². The summed E-state index contributed by atoms with van der Waals surface area (Å²) < 4.78 is 0. The highest BCUT2D eigenvalue weighted by Crippen LogP contribution is 2.16. The summed E-state index contributed by atoms with van der Waals surface area (Å²) >= 11 is 0. The first-order valence-corrected chi connectivity index (χ1v) is 6.80. The summed E-state index contributed by atoms with van der Waals surface area (Å²) in [5, 5.41) is 11.8. The van der Waals surface area contributed by atoms with E-state index in [9.17, 15) is 19.5 Å². The lowest BCUT2D eigenvalue weighted by Crippen LogP contribution is -2.42. The van der Waals surface area contributed by atoms with Gasteiger partial charge in [-0.2, -0.15) is 0 Å². The van der Waals surface area contributed by atoms with Gasteiger partial charge in [-0.25, -0.2) is 4.79 Å². The first-order chi connectivity index (χ1) is 10.0. The van der Waals surface area contributed by atoms with E-state index in [-0.39, 0.29) is 17.2 Å². The number of allylic oxidation sites excluding steroid dienone is 3. The largest absolute Gasteiger partial charge is 0.478 e. The van der Waals surface area contributed by atoms with Gasteiger partial charge in [0.2, 0.25) is 12.3 Å². The Kier molecular flexibility index (Phi) is 6.39. The number of hydrogen-bond acceptors (Lipinski definition) is 3. The van der Waals surface area contributed by atoms with Crippen LogP contribution in [0, 0.1) is 0 Å². The van der Waals surface area contributed by atoms with Crippen molar-refractivity contribution in [3.8, 4) is 0 Å². The molecular formula is C15H20N2O4. The monoisotopic (exact) mass is 292 g/mol. The van der Waals surface area contributed by atoms with Crippen LogP contribution in [0.25, 0.3) is 0 Å². The molecule has 21 heavy (non-hydrogen) atoms. The molecule has 1 fully saturated rings. The normalized spacial score (nSPS) is 19.9. The van der Waals surface area contributed by atoms with E-state index in [1.807, 2.05) is 0 Å². The molecule has 1 saturated heterocycles. The van der Waals surface area contributed by atoms with E-state index in [4.69, 9.17) is 0 Å². The van der Waals surface area contributed by atoms with Gasteiger partial charge >= 0.3 is 5.97 Å². The SMILES string of the molecule is C\C=C/C(NC(=O)C1CCCN1C=O)=C(\C=C/C)C(=O)O. The van der Waals surface area contributed by atoms with Crippen molar-refractivity contribution < 1.29 is 19.5 Å². The predicted molar refractivity (Wildman–Crippen MR) is 78.2 cm³/mol. The number of nitrogens with one attached hydrogen (secondary N) is 1. The van der Waals surface area contributed by atoms with Crippen LogP contribution in [0.3, 0.4) is 0 Å². The number of hydrogen-bond donors (Lipinski definition) is 2. The number of carboxylic acids is 1. The van der Waals surface area contributed by atoms with Crippen LogP contribution < -0.4 is 5.32 Å².